The molecule has 0 aromatic carbocycles. The Labute approximate surface area is 132 Å². The molecule has 0 aromatic heterocycles. The second-order valence-corrected chi connectivity index (χ2v) is 5.53. The summed E-state index contributed by atoms with van der Waals surface area (Å²) in [6.07, 6.45) is 1.13. The first-order valence-electron chi connectivity index (χ1n) is 7.84. The Balaban J connectivity index is 5.07. The Morgan fingerprint density at radius 3 is 1.55 bits per heavy atom. The van der Waals surface area contributed by atoms with Crippen LogP contribution in [-0.4, -0.2) is 89.3 Å². The van der Waals surface area contributed by atoms with Crippen LogP contribution in [0.2, 0.25) is 0 Å². The lowest BCUT2D eigenvalue weighted by Crippen LogP contribution is -2.69. The molecule has 0 bridgehead atoms. The van der Waals surface area contributed by atoms with Crippen molar-refractivity contribution in [3.63, 3.8) is 0 Å². The second kappa shape index (κ2) is 12.1. The lowest BCUT2D eigenvalue weighted by atomic mass is 9.69. The lowest BCUT2D eigenvalue weighted by molar-refractivity contribution is 0.0536. The zero-order chi connectivity index (χ0) is 16.9. The number of aliphatic hydroxyl groups excluding tert-OH is 5. The summed E-state index contributed by atoms with van der Waals surface area (Å²) < 4.78 is 0. The van der Waals surface area contributed by atoms with Crippen LogP contribution in [-0.2, 0) is 0 Å². The summed E-state index contributed by atoms with van der Waals surface area (Å²) >= 11 is 0. The van der Waals surface area contributed by atoms with Crippen molar-refractivity contribution in [1.82, 2.24) is 10.6 Å². The first kappa shape index (κ1) is 21.7. The van der Waals surface area contributed by atoms with Gasteiger partial charge in [-0.2, -0.15) is 0 Å². The molecule has 0 atom stereocenters. The van der Waals surface area contributed by atoms with Gasteiger partial charge in [0, 0.05) is 57.1 Å². The molecule has 0 spiro atoms. The van der Waals surface area contributed by atoms with Crippen LogP contribution in [0, 0.1) is 0 Å². The summed E-state index contributed by atoms with van der Waals surface area (Å²) in [5.74, 6) is 0. The summed E-state index contributed by atoms with van der Waals surface area (Å²) in [6.45, 7) is 1.13. The van der Waals surface area contributed by atoms with Crippen molar-refractivity contribution >= 4 is 0 Å². The van der Waals surface area contributed by atoms with Crippen molar-refractivity contribution in [2.45, 2.75) is 36.8 Å². The van der Waals surface area contributed by atoms with Gasteiger partial charge in [0.15, 0.2) is 0 Å². The molecule has 0 amide bonds. The molecule has 9 N–H and O–H groups in total. The van der Waals surface area contributed by atoms with E-state index in [0.29, 0.717) is 32.5 Å². The number of hydrogen-bond donors (Lipinski definition) is 8. The van der Waals surface area contributed by atoms with E-state index in [0.717, 1.165) is 0 Å². The van der Waals surface area contributed by atoms with Gasteiger partial charge in [-0.1, -0.05) is 0 Å². The molecular weight excluding hydrogens is 290 g/mol. The highest BCUT2D eigenvalue weighted by Crippen LogP contribution is 2.33. The molecule has 0 rings (SSSR count). The fourth-order valence-corrected chi connectivity index (χ4v) is 2.95. The second-order valence-electron chi connectivity index (χ2n) is 5.53. The molecule has 22 heavy (non-hydrogen) atoms. The van der Waals surface area contributed by atoms with E-state index in [1.807, 2.05) is 0 Å². The molecule has 0 radical (unpaired) electrons. The molecule has 8 heteroatoms. The topological polar surface area (TPSA) is 151 Å². The number of nitrogens with two attached hydrogens (primary N) is 1. The number of hydrogen-bond acceptors (Lipinski definition) is 8. The molecule has 0 aliphatic carbocycles. The third-order valence-corrected chi connectivity index (χ3v) is 4.20. The normalized spacial score (nSPS) is 12.8. The van der Waals surface area contributed by atoms with Crippen molar-refractivity contribution in [1.29, 1.82) is 0 Å². The van der Waals surface area contributed by atoms with Gasteiger partial charge in [0.05, 0.1) is 6.61 Å². The number of rotatable bonds is 15. The highest BCUT2D eigenvalue weighted by atomic mass is 16.3. The van der Waals surface area contributed by atoms with E-state index >= 15 is 0 Å². The summed E-state index contributed by atoms with van der Waals surface area (Å²) in [4.78, 5) is 0. The predicted octanol–water partition coefficient (Wildman–Crippen LogP) is -2.88. The average molecular weight is 323 g/mol. The van der Waals surface area contributed by atoms with Crippen LogP contribution in [0.3, 0.4) is 0 Å². The van der Waals surface area contributed by atoms with E-state index in [9.17, 15) is 20.4 Å². The fourth-order valence-electron chi connectivity index (χ4n) is 2.95. The first-order chi connectivity index (χ1) is 10.6. The third-order valence-electron chi connectivity index (χ3n) is 4.20. The Kier molecular flexibility index (Phi) is 12.0. The van der Waals surface area contributed by atoms with Crippen LogP contribution in [0.15, 0.2) is 0 Å². The molecule has 0 heterocycles. The molecular formula is C14H33N3O5. The van der Waals surface area contributed by atoms with Gasteiger partial charge in [-0.05, 0) is 25.7 Å². The van der Waals surface area contributed by atoms with Gasteiger partial charge in [-0.15, -0.1) is 0 Å². The molecule has 0 fully saturated rings. The zero-order valence-electron chi connectivity index (χ0n) is 13.3. The minimum atomic E-state index is -0.945. The molecule has 0 unspecified atom stereocenters. The standard InChI is InChI=1S/C14H33N3O5/c15-13(1-8-18,2-9-19)14(3-10-20,4-11-21)17-6-5-16-7-12-22/h16-22H,1-12,15H2. The molecule has 0 saturated carbocycles. The van der Waals surface area contributed by atoms with Crippen molar-refractivity contribution in [2.24, 2.45) is 5.73 Å². The largest absolute Gasteiger partial charge is 0.396 e. The van der Waals surface area contributed by atoms with Gasteiger partial charge in [0.25, 0.3) is 0 Å². The summed E-state index contributed by atoms with van der Waals surface area (Å²) in [5.41, 5.74) is 4.71. The third kappa shape index (κ3) is 6.43. The first-order valence-corrected chi connectivity index (χ1v) is 7.84. The smallest absolute Gasteiger partial charge is 0.0555 e. The van der Waals surface area contributed by atoms with Gasteiger partial charge in [-0.25, -0.2) is 0 Å². The number of nitrogens with one attached hydrogen (secondary N) is 2. The van der Waals surface area contributed by atoms with E-state index in [1.54, 1.807) is 0 Å². The van der Waals surface area contributed by atoms with Crippen molar-refractivity contribution in [3.8, 4) is 0 Å². The lowest BCUT2D eigenvalue weighted by Gasteiger charge is -2.49. The Morgan fingerprint density at radius 2 is 1.14 bits per heavy atom. The maximum absolute atomic E-state index is 9.42. The van der Waals surface area contributed by atoms with Gasteiger partial charge in [-0.3, -0.25) is 0 Å². The summed E-state index contributed by atoms with van der Waals surface area (Å²) in [5, 5.41) is 52.5. The summed E-state index contributed by atoms with van der Waals surface area (Å²) in [6, 6.07) is 0. The van der Waals surface area contributed by atoms with Gasteiger partial charge >= 0.3 is 0 Å². The Morgan fingerprint density at radius 1 is 0.636 bits per heavy atom. The molecule has 0 aliphatic heterocycles. The monoisotopic (exact) mass is 323 g/mol. The van der Waals surface area contributed by atoms with Crippen LogP contribution in [0.5, 0.6) is 0 Å². The average Bonchev–Trinajstić information content (AvgIpc) is 2.47. The quantitative estimate of drug-likeness (QED) is 0.150. The van der Waals surface area contributed by atoms with E-state index in [2.05, 4.69) is 10.6 Å². The van der Waals surface area contributed by atoms with E-state index < -0.39 is 11.1 Å². The minimum Gasteiger partial charge on any atom is -0.396 e. The maximum Gasteiger partial charge on any atom is 0.0555 e. The van der Waals surface area contributed by atoms with E-state index in [1.165, 1.54) is 0 Å². The fraction of sp³-hybridized carbons (Fsp3) is 1.00. The molecule has 0 saturated heterocycles. The molecule has 0 aromatic rings. The van der Waals surface area contributed by atoms with Crippen LogP contribution in [0.25, 0.3) is 0 Å². The maximum atomic E-state index is 9.42. The molecule has 8 nitrogen and oxygen atoms in total. The number of aliphatic hydroxyl groups is 5. The van der Waals surface area contributed by atoms with Gasteiger partial charge in [0.2, 0.25) is 0 Å². The Hall–Kier alpha value is -0.320. The zero-order valence-corrected chi connectivity index (χ0v) is 13.3. The van der Waals surface area contributed by atoms with E-state index in [-0.39, 0.29) is 45.9 Å². The highest BCUT2D eigenvalue weighted by molar-refractivity contribution is 5.08. The highest BCUT2D eigenvalue weighted by Gasteiger charge is 2.46. The van der Waals surface area contributed by atoms with Crippen molar-refractivity contribution in [2.75, 3.05) is 52.7 Å². The summed E-state index contributed by atoms with van der Waals surface area (Å²) in [7, 11) is 0. The SMILES string of the molecule is NC(CCO)(CCO)C(CCO)(CCO)NCCNCCO. The molecule has 134 valence electrons. The minimum absolute atomic E-state index is 0.0499. The van der Waals surface area contributed by atoms with Gasteiger partial charge < -0.3 is 41.9 Å². The van der Waals surface area contributed by atoms with Crippen molar-refractivity contribution in [3.05, 3.63) is 0 Å². The van der Waals surface area contributed by atoms with Crippen LogP contribution >= 0.6 is 0 Å². The van der Waals surface area contributed by atoms with Crippen LogP contribution in [0.1, 0.15) is 25.7 Å². The van der Waals surface area contributed by atoms with Gasteiger partial charge in [0.1, 0.15) is 0 Å². The van der Waals surface area contributed by atoms with Crippen molar-refractivity contribution < 1.29 is 25.5 Å². The van der Waals surface area contributed by atoms with E-state index in [4.69, 9.17) is 10.8 Å². The molecule has 0 aliphatic rings. The van der Waals surface area contributed by atoms with Crippen LogP contribution in [0.4, 0.5) is 0 Å². The predicted molar refractivity (Wildman–Crippen MR) is 84.4 cm³/mol. The van der Waals surface area contributed by atoms with Crippen LogP contribution < -0.4 is 16.4 Å². The Bertz CT molecular complexity index is 257.